The number of hydrogen-bond acceptors (Lipinski definition) is 6. The summed E-state index contributed by atoms with van der Waals surface area (Å²) in [5, 5.41) is 2.70. The van der Waals surface area contributed by atoms with E-state index in [1.54, 1.807) is 61.5 Å². The van der Waals surface area contributed by atoms with Crippen LogP contribution in [0.3, 0.4) is 0 Å². The molecule has 0 heterocycles. The Morgan fingerprint density at radius 2 is 1.61 bits per heavy atom. The summed E-state index contributed by atoms with van der Waals surface area (Å²) < 4.78 is 37.6. The predicted molar refractivity (Wildman–Crippen MR) is 125 cm³/mol. The lowest BCUT2D eigenvalue weighted by molar-refractivity contribution is -0.114. The molecule has 8 nitrogen and oxygen atoms in total. The Bertz CT molecular complexity index is 1240. The third-order valence-electron chi connectivity index (χ3n) is 4.91. The number of aryl methyl sites for hydroxylation is 1. The topological polar surface area (TPSA) is 102 Å². The molecule has 0 aliphatic heterocycles. The zero-order valence-corrected chi connectivity index (χ0v) is 19.3. The first-order valence-corrected chi connectivity index (χ1v) is 11.4. The van der Waals surface area contributed by atoms with Gasteiger partial charge in [0.15, 0.2) is 0 Å². The molecule has 3 aromatic carbocycles. The lowest BCUT2D eigenvalue weighted by Crippen LogP contribution is -2.38. The number of amides is 1. The quantitative estimate of drug-likeness (QED) is 0.507. The lowest BCUT2D eigenvalue weighted by Gasteiger charge is -2.24. The SMILES string of the molecule is COC(=O)c1ccc(C)c(NC(=O)CN(c2ccc(OC)cc2)S(=O)(=O)c2ccccc2)c1. The highest BCUT2D eigenvalue weighted by Gasteiger charge is 2.27. The van der Waals surface area contributed by atoms with Crippen LogP contribution in [0.15, 0.2) is 77.7 Å². The summed E-state index contributed by atoms with van der Waals surface area (Å²) in [6, 6.07) is 19.0. The fraction of sp³-hybridized carbons (Fsp3) is 0.167. The van der Waals surface area contributed by atoms with E-state index in [0.717, 1.165) is 4.31 Å². The monoisotopic (exact) mass is 468 g/mol. The van der Waals surface area contributed by atoms with E-state index < -0.39 is 28.4 Å². The second kappa shape index (κ2) is 10.2. The number of sulfonamides is 1. The van der Waals surface area contributed by atoms with Crippen molar-refractivity contribution in [2.75, 3.05) is 30.4 Å². The van der Waals surface area contributed by atoms with Crippen molar-refractivity contribution in [3.05, 3.63) is 83.9 Å². The summed E-state index contributed by atoms with van der Waals surface area (Å²) in [6.45, 7) is 1.28. The van der Waals surface area contributed by atoms with Crippen LogP contribution in [0.5, 0.6) is 5.75 Å². The number of nitrogens with one attached hydrogen (secondary N) is 1. The van der Waals surface area contributed by atoms with Crippen LogP contribution in [-0.2, 0) is 19.6 Å². The van der Waals surface area contributed by atoms with Gasteiger partial charge in [-0.25, -0.2) is 13.2 Å². The summed E-state index contributed by atoms with van der Waals surface area (Å²) in [4.78, 5) is 24.8. The summed E-state index contributed by atoms with van der Waals surface area (Å²) in [7, 11) is -1.27. The van der Waals surface area contributed by atoms with Gasteiger partial charge in [-0.1, -0.05) is 24.3 Å². The van der Waals surface area contributed by atoms with Gasteiger partial charge in [-0.15, -0.1) is 0 Å². The maximum Gasteiger partial charge on any atom is 0.337 e. The zero-order chi connectivity index (χ0) is 24.0. The van der Waals surface area contributed by atoms with E-state index in [4.69, 9.17) is 9.47 Å². The number of hydrogen-bond donors (Lipinski definition) is 1. The van der Waals surface area contributed by atoms with Crippen molar-refractivity contribution in [3.63, 3.8) is 0 Å². The van der Waals surface area contributed by atoms with E-state index in [-0.39, 0.29) is 10.5 Å². The van der Waals surface area contributed by atoms with Gasteiger partial charge in [-0.2, -0.15) is 0 Å². The van der Waals surface area contributed by atoms with Crippen molar-refractivity contribution < 1.29 is 27.5 Å². The highest BCUT2D eigenvalue weighted by atomic mass is 32.2. The molecule has 0 saturated carbocycles. The smallest absolute Gasteiger partial charge is 0.337 e. The van der Waals surface area contributed by atoms with Crippen LogP contribution in [-0.4, -0.2) is 41.1 Å². The molecule has 9 heteroatoms. The van der Waals surface area contributed by atoms with Crippen molar-refractivity contribution in [2.24, 2.45) is 0 Å². The van der Waals surface area contributed by atoms with Gasteiger partial charge in [0.2, 0.25) is 5.91 Å². The third kappa shape index (κ3) is 5.50. The molecule has 3 rings (SSSR count). The van der Waals surface area contributed by atoms with Crippen LogP contribution >= 0.6 is 0 Å². The fourth-order valence-electron chi connectivity index (χ4n) is 3.10. The minimum absolute atomic E-state index is 0.0532. The van der Waals surface area contributed by atoms with Gasteiger partial charge < -0.3 is 14.8 Å². The molecular formula is C24H24N2O6S. The standard InChI is InChI=1S/C24H24N2O6S/c1-17-9-10-18(24(28)32-3)15-22(17)25-23(27)16-26(19-11-13-20(31-2)14-12-19)33(29,30)21-7-5-4-6-8-21/h4-15H,16H2,1-3H3,(H,25,27). The van der Waals surface area contributed by atoms with Gasteiger partial charge in [0, 0.05) is 5.69 Å². The highest BCUT2D eigenvalue weighted by Crippen LogP contribution is 2.26. The van der Waals surface area contributed by atoms with Gasteiger partial charge in [0.25, 0.3) is 10.0 Å². The van der Waals surface area contributed by atoms with Crippen molar-refractivity contribution in [3.8, 4) is 5.75 Å². The maximum atomic E-state index is 13.4. The van der Waals surface area contributed by atoms with Gasteiger partial charge in [-0.3, -0.25) is 9.10 Å². The molecule has 0 saturated heterocycles. The number of carbonyl (C=O) groups excluding carboxylic acids is 2. The Balaban J connectivity index is 1.93. The van der Waals surface area contributed by atoms with Gasteiger partial charge >= 0.3 is 5.97 Å². The number of anilines is 2. The first-order chi connectivity index (χ1) is 15.8. The van der Waals surface area contributed by atoms with E-state index >= 15 is 0 Å². The van der Waals surface area contributed by atoms with Crippen molar-refractivity contribution in [2.45, 2.75) is 11.8 Å². The van der Waals surface area contributed by atoms with Crippen LogP contribution in [0.25, 0.3) is 0 Å². The van der Waals surface area contributed by atoms with Gasteiger partial charge in [-0.05, 0) is 61.0 Å². The second-order valence-corrected chi connectivity index (χ2v) is 8.95. The number of benzene rings is 3. The minimum Gasteiger partial charge on any atom is -0.497 e. The molecule has 0 aliphatic carbocycles. The maximum absolute atomic E-state index is 13.4. The van der Waals surface area contributed by atoms with Gasteiger partial charge in [0.1, 0.15) is 12.3 Å². The first-order valence-electron chi connectivity index (χ1n) is 9.97. The van der Waals surface area contributed by atoms with Crippen LogP contribution in [0.4, 0.5) is 11.4 Å². The number of nitrogens with zero attached hydrogens (tertiary/aromatic N) is 1. The van der Waals surface area contributed by atoms with Crippen molar-refractivity contribution in [1.82, 2.24) is 0 Å². The molecular weight excluding hydrogens is 444 g/mol. The summed E-state index contributed by atoms with van der Waals surface area (Å²) in [6.07, 6.45) is 0. The molecule has 0 aliphatic rings. The highest BCUT2D eigenvalue weighted by molar-refractivity contribution is 7.92. The van der Waals surface area contributed by atoms with E-state index in [0.29, 0.717) is 22.7 Å². The number of ether oxygens (including phenoxy) is 2. The minimum atomic E-state index is -4.04. The second-order valence-electron chi connectivity index (χ2n) is 7.09. The molecule has 0 unspecified atom stereocenters. The third-order valence-corrected chi connectivity index (χ3v) is 6.70. The summed E-state index contributed by atoms with van der Waals surface area (Å²) in [5.74, 6) is -0.567. The van der Waals surface area contributed by atoms with Crippen LogP contribution in [0.1, 0.15) is 15.9 Å². The molecule has 0 spiro atoms. The molecule has 0 radical (unpaired) electrons. The Kier molecular flexibility index (Phi) is 7.34. The van der Waals surface area contributed by atoms with Crippen LogP contribution < -0.4 is 14.4 Å². The molecule has 0 aromatic heterocycles. The van der Waals surface area contributed by atoms with Crippen molar-refractivity contribution in [1.29, 1.82) is 0 Å². The molecule has 0 fully saturated rings. The Labute approximate surface area is 192 Å². The van der Waals surface area contributed by atoms with E-state index in [2.05, 4.69) is 5.32 Å². The summed E-state index contributed by atoms with van der Waals surface area (Å²) in [5.41, 5.74) is 1.66. The molecule has 0 bridgehead atoms. The molecule has 1 amide bonds. The predicted octanol–water partition coefficient (Wildman–Crippen LogP) is 3.62. The molecule has 33 heavy (non-hydrogen) atoms. The van der Waals surface area contributed by atoms with E-state index in [1.807, 2.05) is 0 Å². The number of methoxy groups -OCH3 is 2. The molecule has 172 valence electrons. The lowest BCUT2D eigenvalue weighted by atomic mass is 10.1. The van der Waals surface area contributed by atoms with Crippen LogP contribution in [0, 0.1) is 6.92 Å². The number of esters is 1. The van der Waals surface area contributed by atoms with E-state index in [9.17, 15) is 18.0 Å². The fourth-order valence-corrected chi connectivity index (χ4v) is 4.55. The molecule has 0 atom stereocenters. The van der Waals surface area contributed by atoms with Gasteiger partial charge in [0.05, 0.1) is 30.4 Å². The largest absolute Gasteiger partial charge is 0.497 e. The molecule has 3 aromatic rings. The Morgan fingerprint density at radius 1 is 0.939 bits per heavy atom. The van der Waals surface area contributed by atoms with Crippen molar-refractivity contribution >= 4 is 33.3 Å². The van der Waals surface area contributed by atoms with E-state index in [1.165, 1.54) is 32.4 Å². The summed E-state index contributed by atoms with van der Waals surface area (Å²) >= 11 is 0. The number of rotatable bonds is 8. The number of carbonyl (C=O) groups is 2. The molecule has 1 N–H and O–H groups in total. The zero-order valence-electron chi connectivity index (χ0n) is 18.4. The average molecular weight is 469 g/mol. The average Bonchev–Trinajstić information content (AvgIpc) is 2.84. The normalized spacial score (nSPS) is 10.9. The first kappa shape index (κ1) is 23.8. The Hall–Kier alpha value is -3.85. The van der Waals surface area contributed by atoms with Crippen LogP contribution in [0.2, 0.25) is 0 Å². The Morgan fingerprint density at radius 3 is 2.21 bits per heavy atom.